The largest absolute Gasteiger partial charge is 0.337 e. The predicted octanol–water partition coefficient (Wildman–Crippen LogP) is -0.930. The van der Waals surface area contributed by atoms with Crippen LogP contribution in [0.3, 0.4) is 0 Å². The lowest BCUT2D eigenvalue weighted by molar-refractivity contribution is 0.358. The van der Waals surface area contributed by atoms with Crippen LogP contribution in [0.25, 0.3) is 0 Å². The first-order chi connectivity index (χ1) is 9.55. The number of sulfone groups is 1. The molecule has 1 aliphatic rings. The molecule has 0 aliphatic carbocycles. The first-order valence-electron chi connectivity index (χ1n) is 6.18. The maximum atomic E-state index is 11.4. The molecule has 0 amide bonds. The van der Waals surface area contributed by atoms with Gasteiger partial charge in [-0.3, -0.25) is 0 Å². The highest BCUT2D eigenvalue weighted by Crippen LogP contribution is 2.26. The zero-order valence-electron chi connectivity index (χ0n) is 10.6. The van der Waals surface area contributed by atoms with Crippen molar-refractivity contribution >= 4 is 9.84 Å². The molecule has 0 bridgehead atoms. The summed E-state index contributed by atoms with van der Waals surface area (Å²) in [5.74, 6) is 0.919. The maximum absolute atomic E-state index is 11.4. The average Bonchev–Trinajstić information content (AvgIpc) is 3.09. The molecule has 1 fully saturated rings. The van der Waals surface area contributed by atoms with Crippen molar-refractivity contribution in [2.75, 3.05) is 11.5 Å². The van der Waals surface area contributed by atoms with Gasteiger partial charge in [-0.2, -0.15) is 4.98 Å². The van der Waals surface area contributed by atoms with Crippen LogP contribution in [0.5, 0.6) is 0 Å². The van der Waals surface area contributed by atoms with E-state index in [-0.39, 0.29) is 17.4 Å². The van der Waals surface area contributed by atoms with Gasteiger partial charge in [0.05, 0.1) is 23.4 Å². The van der Waals surface area contributed by atoms with Crippen molar-refractivity contribution in [2.45, 2.75) is 25.4 Å². The van der Waals surface area contributed by atoms with Gasteiger partial charge in [0.1, 0.15) is 6.54 Å². The SMILES string of the molecule is NCc1cn(Cc2nc(C3CCS(=O)(=O)C3)no2)nn1. The summed E-state index contributed by atoms with van der Waals surface area (Å²) in [6, 6.07) is 0. The molecule has 1 unspecified atom stereocenters. The number of aromatic nitrogens is 5. The molecule has 0 radical (unpaired) electrons. The first kappa shape index (κ1) is 13.2. The predicted molar refractivity (Wildman–Crippen MR) is 67.3 cm³/mol. The number of hydrogen-bond acceptors (Lipinski definition) is 8. The Morgan fingerprint density at radius 3 is 3.00 bits per heavy atom. The summed E-state index contributed by atoms with van der Waals surface area (Å²) >= 11 is 0. The van der Waals surface area contributed by atoms with E-state index >= 15 is 0 Å². The summed E-state index contributed by atoms with van der Waals surface area (Å²) in [6.45, 7) is 0.606. The fourth-order valence-electron chi connectivity index (χ4n) is 2.14. The molecule has 10 heteroatoms. The highest BCUT2D eigenvalue weighted by Gasteiger charge is 2.32. The van der Waals surface area contributed by atoms with Gasteiger partial charge in [-0.1, -0.05) is 10.4 Å². The summed E-state index contributed by atoms with van der Waals surface area (Å²) < 4.78 is 29.5. The van der Waals surface area contributed by atoms with E-state index in [1.165, 1.54) is 0 Å². The molecule has 2 N–H and O–H groups in total. The smallest absolute Gasteiger partial charge is 0.248 e. The monoisotopic (exact) mass is 298 g/mol. The maximum Gasteiger partial charge on any atom is 0.248 e. The number of nitrogens with two attached hydrogens (primary N) is 1. The van der Waals surface area contributed by atoms with Crippen LogP contribution in [0.4, 0.5) is 0 Å². The number of rotatable bonds is 4. The van der Waals surface area contributed by atoms with Gasteiger partial charge in [-0.25, -0.2) is 13.1 Å². The molecule has 2 aromatic heterocycles. The molecule has 3 rings (SSSR count). The van der Waals surface area contributed by atoms with Crippen LogP contribution in [0.2, 0.25) is 0 Å². The summed E-state index contributed by atoms with van der Waals surface area (Å²) in [4.78, 5) is 4.23. The fraction of sp³-hybridized carbons (Fsp3) is 0.600. The normalized spacial score (nSPS) is 21.4. The van der Waals surface area contributed by atoms with Crippen molar-refractivity contribution in [3.05, 3.63) is 23.6 Å². The van der Waals surface area contributed by atoms with Crippen LogP contribution in [0.1, 0.15) is 29.7 Å². The van der Waals surface area contributed by atoms with E-state index in [4.69, 9.17) is 10.3 Å². The zero-order chi connectivity index (χ0) is 14.2. The Balaban J connectivity index is 1.71. The van der Waals surface area contributed by atoms with Gasteiger partial charge in [-0.15, -0.1) is 5.10 Å². The Morgan fingerprint density at radius 2 is 2.35 bits per heavy atom. The fourth-order valence-corrected chi connectivity index (χ4v) is 3.88. The van der Waals surface area contributed by atoms with E-state index in [2.05, 4.69) is 20.5 Å². The van der Waals surface area contributed by atoms with E-state index in [0.29, 0.717) is 36.9 Å². The van der Waals surface area contributed by atoms with E-state index in [1.54, 1.807) is 10.9 Å². The Hall–Kier alpha value is -1.81. The van der Waals surface area contributed by atoms with Crippen molar-refractivity contribution < 1.29 is 12.9 Å². The molecule has 20 heavy (non-hydrogen) atoms. The molecule has 0 saturated carbocycles. The van der Waals surface area contributed by atoms with Gasteiger partial charge in [0.15, 0.2) is 15.7 Å². The molecular weight excluding hydrogens is 284 g/mol. The van der Waals surface area contributed by atoms with Gasteiger partial charge in [0, 0.05) is 12.5 Å². The van der Waals surface area contributed by atoms with Gasteiger partial charge >= 0.3 is 0 Å². The van der Waals surface area contributed by atoms with Crippen LogP contribution >= 0.6 is 0 Å². The van der Waals surface area contributed by atoms with Crippen LogP contribution in [0.15, 0.2) is 10.7 Å². The minimum atomic E-state index is -2.96. The Morgan fingerprint density at radius 1 is 1.50 bits per heavy atom. The van der Waals surface area contributed by atoms with Crippen molar-refractivity contribution in [1.82, 2.24) is 25.1 Å². The van der Waals surface area contributed by atoms with Crippen LogP contribution < -0.4 is 5.73 Å². The minimum Gasteiger partial charge on any atom is -0.337 e. The third-order valence-corrected chi connectivity index (χ3v) is 4.94. The third-order valence-electron chi connectivity index (χ3n) is 3.17. The summed E-state index contributed by atoms with van der Waals surface area (Å²) in [5, 5.41) is 11.6. The Bertz CT molecular complexity index is 706. The first-order valence-corrected chi connectivity index (χ1v) is 8.00. The van der Waals surface area contributed by atoms with Gasteiger partial charge in [-0.05, 0) is 6.42 Å². The van der Waals surface area contributed by atoms with Crippen LogP contribution in [0, 0.1) is 0 Å². The van der Waals surface area contributed by atoms with Crippen molar-refractivity contribution in [2.24, 2.45) is 5.73 Å². The average molecular weight is 298 g/mol. The lowest BCUT2D eigenvalue weighted by Crippen LogP contribution is -2.06. The third kappa shape index (κ3) is 2.70. The highest BCUT2D eigenvalue weighted by atomic mass is 32.2. The lowest BCUT2D eigenvalue weighted by atomic mass is 10.1. The van der Waals surface area contributed by atoms with Gasteiger partial charge < -0.3 is 10.3 Å². The quantitative estimate of drug-likeness (QED) is 0.766. The second-order valence-corrected chi connectivity index (χ2v) is 6.99. The minimum absolute atomic E-state index is 0.0899. The Labute approximate surface area is 115 Å². The molecule has 9 nitrogen and oxygen atoms in total. The summed E-state index contributed by atoms with van der Waals surface area (Å²) in [6.07, 6.45) is 2.24. The topological polar surface area (TPSA) is 130 Å². The van der Waals surface area contributed by atoms with E-state index in [9.17, 15) is 8.42 Å². The van der Waals surface area contributed by atoms with Crippen molar-refractivity contribution in [1.29, 1.82) is 0 Å². The van der Waals surface area contributed by atoms with Crippen molar-refractivity contribution in [3.63, 3.8) is 0 Å². The van der Waals surface area contributed by atoms with E-state index < -0.39 is 9.84 Å². The van der Waals surface area contributed by atoms with Gasteiger partial charge in [0.2, 0.25) is 5.89 Å². The summed E-state index contributed by atoms with van der Waals surface area (Å²) in [5.41, 5.74) is 6.12. The molecule has 1 aliphatic heterocycles. The molecule has 1 saturated heterocycles. The highest BCUT2D eigenvalue weighted by molar-refractivity contribution is 7.91. The standard InChI is InChI=1S/C10H14N6O3S/c11-3-8-4-16(15-13-8)5-9-12-10(14-19-9)7-1-2-20(17,18)6-7/h4,7H,1-3,5-6,11H2. The Kier molecular flexibility index (Phi) is 3.26. The van der Waals surface area contributed by atoms with E-state index in [0.717, 1.165) is 0 Å². The van der Waals surface area contributed by atoms with E-state index in [1.807, 2.05) is 0 Å². The molecule has 2 aromatic rings. The second-order valence-electron chi connectivity index (χ2n) is 4.76. The molecule has 108 valence electrons. The lowest BCUT2D eigenvalue weighted by Gasteiger charge is -1.98. The molecule has 0 spiro atoms. The zero-order valence-corrected chi connectivity index (χ0v) is 11.5. The number of nitrogens with zero attached hydrogens (tertiary/aromatic N) is 5. The molecule has 1 atom stereocenters. The second kappa shape index (κ2) is 4.94. The molecular formula is C10H14N6O3S. The molecule has 3 heterocycles. The van der Waals surface area contributed by atoms with Crippen LogP contribution in [-0.4, -0.2) is 45.1 Å². The summed E-state index contributed by atoms with van der Waals surface area (Å²) in [7, 11) is -2.96. The van der Waals surface area contributed by atoms with Gasteiger partial charge in [0.25, 0.3) is 0 Å². The van der Waals surface area contributed by atoms with Crippen LogP contribution in [-0.2, 0) is 22.9 Å². The van der Waals surface area contributed by atoms with Crippen molar-refractivity contribution in [3.8, 4) is 0 Å². The number of hydrogen-bond donors (Lipinski definition) is 1. The molecule has 0 aromatic carbocycles.